The van der Waals surface area contributed by atoms with Gasteiger partial charge in [-0.3, -0.25) is 19.1 Å². The molecule has 2 N–H and O–H groups in total. The summed E-state index contributed by atoms with van der Waals surface area (Å²) in [7, 11) is 0. The molecular formula is C21H24N4O5. The highest BCUT2D eigenvalue weighted by Crippen LogP contribution is 2.34. The Morgan fingerprint density at radius 3 is 2.63 bits per heavy atom. The van der Waals surface area contributed by atoms with Crippen molar-refractivity contribution < 1.29 is 14.6 Å². The molecule has 0 spiro atoms. The molecule has 0 unspecified atom stereocenters. The van der Waals surface area contributed by atoms with Gasteiger partial charge in [0, 0.05) is 19.4 Å². The van der Waals surface area contributed by atoms with Gasteiger partial charge in [-0.25, -0.2) is 9.80 Å². The highest BCUT2D eigenvalue weighted by atomic mass is 16.5. The number of H-pyrrole nitrogens is 1. The lowest BCUT2D eigenvalue weighted by molar-refractivity contribution is -0.132. The first-order valence-corrected chi connectivity index (χ1v) is 9.70. The van der Waals surface area contributed by atoms with Crippen molar-refractivity contribution in [1.82, 2.24) is 14.6 Å². The number of rotatable bonds is 7. The van der Waals surface area contributed by atoms with Crippen molar-refractivity contribution >= 4 is 11.6 Å². The van der Waals surface area contributed by atoms with Crippen LogP contribution in [0.4, 0.5) is 0 Å². The topological polar surface area (TPSA) is 117 Å². The molecule has 1 aliphatic rings. The lowest BCUT2D eigenvalue weighted by Crippen LogP contribution is -2.33. The van der Waals surface area contributed by atoms with Gasteiger partial charge in [0.25, 0.3) is 5.56 Å². The Balaban J connectivity index is 2.04. The number of aromatic nitrogens is 2. The van der Waals surface area contributed by atoms with E-state index in [1.807, 2.05) is 19.1 Å². The summed E-state index contributed by atoms with van der Waals surface area (Å²) in [6, 6.07) is 6.85. The van der Waals surface area contributed by atoms with Crippen molar-refractivity contribution in [2.45, 2.75) is 39.3 Å². The number of benzene rings is 1. The molecule has 2 aromatic rings. The van der Waals surface area contributed by atoms with Gasteiger partial charge in [-0.15, -0.1) is 6.58 Å². The summed E-state index contributed by atoms with van der Waals surface area (Å²) in [5, 5.41) is 16.2. The van der Waals surface area contributed by atoms with Gasteiger partial charge in [-0.1, -0.05) is 25.1 Å². The van der Waals surface area contributed by atoms with E-state index in [9.17, 15) is 19.5 Å². The van der Waals surface area contributed by atoms with Gasteiger partial charge >= 0.3 is 5.69 Å². The van der Waals surface area contributed by atoms with Crippen LogP contribution in [0.5, 0.6) is 11.6 Å². The fourth-order valence-corrected chi connectivity index (χ4v) is 3.38. The zero-order valence-electron chi connectivity index (χ0n) is 16.9. The highest BCUT2D eigenvalue weighted by molar-refractivity contribution is 6.04. The van der Waals surface area contributed by atoms with Crippen molar-refractivity contribution in [3.05, 3.63) is 68.9 Å². The molecule has 1 aliphatic heterocycles. The minimum Gasteiger partial charge on any atom is -0.494 e. The maximum Gasteiger partial charge on any atom is 0.331 e. The average Bonchev–Trinajstić information content (AvgIpc) is 3.16. The summed E-state index contributed by atoms with van der Waals surface area (Å²) in [6.07, 6.45) is 1.86. The quantitative estimate of drug-likeness (QED) is 0.674. The van der Waals surface area contributed by atoms with Crippen LogP contribution in [0.25, 0.3) is 0 Å². The lowest BCUT2D eigenvalue weighted by Gasteiger charge is -2.21. The van der Waals surface area contributed by atoms with Crippen molar-refractivity contribution in [3.63, 3.8) is 0 Å². The number of carbonyl (C=O) groups is 1. The van der Waals surface area contributed by atoms with Gasteiger partial charge in [0.1, 0.15) is 11.3 Å². The van der Waals surface area contributed by atoms with E-state index in [2.05, 4.69) is 16.7 Å². The summed E-state index contributed by atoms with van der Waals surface area (Å²) in [5.74, 6) is -0.0165. The lowest BCUT2D eigenvalue weighted by atomic mass is 9.99. The Hall–Kier alpha value is -3.62. The Morgan fingerprint density at radius 2 is 2.03 bits per heavy atom. The molecule has 9 heteroatoms. The minimum atomic E-state index is -0.757. The van der Waals surface area contributed by atoms with Gasteiger partial charge in [-0.2, -0.15) is 5.10 Å². The predicted molar refractivity (Wildman–Crippen MR) is 112 cm³/mol. The standard InChI is InChI=1S/C21H24N4O5/c1-4-11-24-20(28)18(19(27)22-21(24)29)15-12-16(25(23-15)17(26)5-2)13-7-9-14(10-8-13)30-6-3/h4,7-10,16,28H,1,5-6,11-12H2,2-3H3,(H,22,27,29)/t16-/m0/s1. The summed E-state index contributed by atoms with van der Waals surface area (Å²) < 4.78 is 6.45. The van der Waals surface area contributed by atoms with E-state index in [0.29, 0.717) is 12.4 Å². The first-order chi connectivity index (χ1) is 14.4. The Bertz CT molecular complexity index is 1100. The fourth-order valence-electron chi connectivity index (χ4n) is 3.38. The van der Waals surface area contributed by atoms with Crippen LogP contribution in [0.15, 0.2) is 51.6 Å². The second-order valence-corrected chi connectivity index (χ2v) is 6.72. The van der Waals surface area contributed by atoms with E-state index < -0.39 is 23.2 Å². The second-order valence-electron chi connectivity index (χ2n) is 6.72. The Morgan fingerprint density at radius 1 is 1.33 bits per heavy atom. The number of ether oxygens (including phenoxy) is 1. The number of nitrogens with one attached hydrogen (secondary N) is 1. The molecule has 0 bridgehead atoms. The number of carbonyl (C=O) groups excluding carboxylic acids is 1. The van der Waals surface area contributed by atoms with Gasteiger partial charge in [-0.05, 0) is 24.6 Å². The Kier molecular flexibility index (Phi) is 6.20. The number of aromatic hydroxyl groups is 1. The van der Waals surface area contributed by atoms with Crippen molar-refractivity contribution in [2.75, 3.05) is 6.61 Å². The van der Waals surface area contributed by atoms with E-state index in [1.165, 1.54) is 11.1 Å². The smallest absolute Gasteiger partial charge is 0.331 e. The summed E-state index contributed by atoms with van der Waals surface area (Å²) >= 11 is 0. The predicted octanol–water partition coefficient (Wildman–Crippen LogP) is 1.91. The first kappa shape index (κ1) is 21.1. The van der Waals surface area contributed by atoms with Gasteiger partial charge in [0.2, 0.25) is 11.8 Å². The van der Waals surface area contributed by atoms with Crippen LogP contribution in [-0.2, 0) is 11.3 Å². The second kappa shape index (κ2) is 8.81. The number of nitrogens with zero attached hydrogens (tertiary/aromatic N) is 3. The fraction of sp³-hybridized carbons (Fsp3) is 0.333. The number of hydrogen-bond acceptors (Lipinski definition) is 6. The van der Waals surface area contributed by atoms with E-state index in [-0.39, 0.29) is 36.6 Å². The third-order valence-electron chi connectivity index (χ3n) is 4.82. The molecule has 0 aliphatic carbocycles. The largest absolute Gasteiger partial charge is 0.494 e. The van der Waals surface area contributed by atoms with Gasteiger partial charge < -0.3 is 9.84 Å². The molecule has 3 rings (SSSR count). The number of hydrazone groups is 1. The number of amides is 1. The molecule has 0 saturated heterocycles. The van der Waals surface area contributed by atoms with Crippen LogP contribution >= 0.6 is 0 Å². The monoisotopic (exact) mass is 412 g/mol. The maximum absolute atomic E-state index is 12.5. The van der Waals surface area contributed by atoms with Crippen LogP contribution in [-0.4, -0.2) is 37.9 Å². The molecule has 2 heterocycles. The maximum atomic E-state index is 12.5. The third-order valence-corrected chi connectivity index (χ3v) is 4.82. The molecule has 0 radical (unpaired) electrons. The van der Waals surface area contributed by atoms with Gasteiger partial charge in [0.05, 0.1) is 18.4 Å². The third kappa shape index (κ3) is 3.91. The number of hydrogen-bond donors (Lipinski definition) is 2. The van der Waals surface area contributed by atoms with E-state index in [0.717, 1.165) is 10.1 Å². The first-order valence-electron chi connectivity index (χ1n) is 9.70. The summed E-state index contributed by atoms with van der Waals surface area (Å²) in [6.45, 7) is 7.72. The van der Waals surface area contributed by atoms with E-state index in [1.54, 1.807) is 19.1 Å². The van der Waals surface area contributed by atoms with Crippen molar-refractivity contribution in [2.24, 2.45) is 5.10 Å². The molecule has 1 aromatic heterocycles. The van der Waals surface area contributed by atoms with Crippen LogP contribution in [0.1, 0.15) is 43.9 Å². The molecule has 30 heavy (non-hydrogen) atoms. The minimum absolute atomic E-state index is 0.0155. The van der Waals surface area contributed by atoms with Crippen LogP contribution in [0, 0.1) is 0 Å². The molecule has 0 saturated carbocycles. The molecule has 158 valence electrons. The van der Waals surface area contributed by atoms with Crippen LogP contribution in [0.3, 0.4) is 0 Å². The van der Waals surface area contributed by atoms with E-state index >= 15 is 0 Å². The molecule has 1 atom stereocenters. The normalized spacial score (nSPS) is 15.7. The van der Waals surface area contributed by atoms with Crippen LogP contribution < -0.4 is 16.0 Å². The molecule has 9 nitrogen and oxygen atoms in total. The zero-order valence-corrected chi connectivity index (χ0v) is 16.9. The van der Waals surface area contributed by atoms with Crippen LogP contribution in [0.2, 0.25) is 0 Å². The average molecular weight is 412 g/mol. The van der Waals surface area contributed by atoms with Crippen molar-refractivity contribution in [1.29, 1.82) is 0 Å². The Labute approximate surface area is 172 Å². The number of allylic oxidation sites excluding steroid dienone is 1. The molecule has 1 aromatic carbocycles. The zero-order chi connectivity index (χ0) is 21.8. The van der Waals surface area contributed by atoms with Crippen molar-refractivity contribution in [3.8, 4) is 11.6 Å². The summed E-state index contributed by atoms with van der Waals surface area (Å²) in [4.78, 5) is 39.1. The molecular weight excluding hydrogens is 388 g/mol. The summed E-state index contributed by atoms with van der Waals surface area (Å²) in [5.41, 5.74) is -0.586. The molecule has 1 amide bonds. The van der Waals surface area contributed by atoms with E-state index in [4.69, 9.17) is 4.74 Å². The SMILES string of the molecule is C=CCn1c(O)c(C2=NN(C(=O)CC)[C@H](c3ccc(OCC)cc3)C2)c(=O)[nH]c1=O. The molecule has 0 fully saturated rings. The van der Waals surface area contributed by atoms with Gasteiger partial charge in [0.15, 0.2) is 0 Å². The number of aromatic amines is 1. The highest BCUT2D eigenvalue weighted by Gasteiger charge is 2.35.